The van der Waals surface area contributed by atoms with E-state index in [9.17, 15) is 0 Å². The molecule has 0 amide bonds. The maximum atomic E-state index is 3.55. The van der Waals surface area contributed by atoms with Crippen LogP contribution < -0.4 is 5.32 Å². The van der Waals surface area contributed by atoms with Crippen LogP contribution in [0.2, 0.25) is 0 Å². The molecule has 2 heterocycles. The molecule has 3 heteroatoms. The molecule has 19 heavy (non-hydrogen) atoms. The zero-order valence-electron chi connectivity index (χ0n) is 13.2. The van der Waals surface area contributed by atoms with E-state index in [1.165, 1.54) is 51.9 Å². The minimum atomic E-state index is 0.717. The van der Waals surface area contributed by atoms with Gasteiger partial charge in [-0.1, -0.05) is 27.2 Å². The minimum Gasteiger partial charge on any atom is -0.315 e. The number of hydrogen-bond acceptors (Lipinski definition) is 3. The largest absolute Gasteiger partial charge is 0.315 e. The summed E-state index contributed by atoms with van der Waals surface area (Å²) in [5.41, 5.74) is 0. The van der Waals surface area contributed by atoms with Crippen molar-refractivity contribution >= 4 is 0 Å². The molecule has 2 atom stereocenters. The van der Waals surface area contributed by atoms with E-state index in [1.807, 2.05) is 0 Å². The maximum Gasteiger partial charge on any atom is 0.0244 e. The first-order valence-corrected chi connectivity index (χ1v) is 8.41. The smallest absolute Gasteiger partial charge is 0.0244 e. The number of nitrogens with one attached hydrogen (secondary N) is 1. The van der Waals surface area contributed by atoms with Gasteiger partial charge in [-0.2, -0.15) is 0 Å². The molecule has 112 valence electrons. The van der Waals surface area contributed by atoms with Crippen LogP contribution in [0.15, 0.2) is 0 Å². The summed E-state index contributed by atoms with van der Waals surface area (Å²) in [4.78, 5) is 5.50. The van der Waals surface area contributed by atoms with E-state index in [-0.39, 0.29) is 0 Å². The number of likely N-dealkylation sites (N-methyl/N-ethyl adjacent to an activating group) is 1. The van der Waals surface area contributed by atoms with Gasteiger partial charge in [0, 0.05) is 31.7 Å². The molecule has 1 N–H and O–H groups in total. The molecule has 2 unspecified atom stereocenters. The van der Waals surface area contributed by atoms with E-state index in [4.69, 9.17) is 0 Å². The molecule has 0 aromatic carbocycles. The van der Waals surface area contributed by atoms with E-state index in [2.05, 4.69) is 35.9 Å². The van der Waals surface area contributed by atoms with Gasteiger partial charge in [0.15, 0.2) is 0 Å². The second-order valence-corrected chi connectivity index (χ2v) is 6.65. The zero-order chi connectivity index (χ0) is 13.7. The van der Waals surface area contributed by atoms with Crippen LogP contribution in [0.4, 0.5) is 0 Å². The molecule has 0 spiro atoms. The fraction of sp³-hybridized carbons (Fsp3) is 1.00. The molecule has 3 nitrogen and oxygen atoms in total. The highest BCUT2D eigenvalue weighted by atomic mass is 15.3. The van der Waals surface area contributed by atoms with Gasteiger partial charge in [-0.25, -0.2) is 0 Å². The molecule has 2 aliphatic rings. The van der Waals surface area contributed by atoms with E-state index < -0.39 is 0 Å². The van der Waals surface area contributed by atoms with Gasteiger partial charge in [0.05, 0.1) is 0 Å². The quantitative estimate of drug-likeness (QED) is 0.796. The number of hydrogen-bond donors (Lipinski definition) is 1. The van der Waals surface area contributed by atoms with Crippen LogP contribution in [-0.4, -0.2) is 61.2 Å². The fourth-order valence-corrected chi connectivity index (χ4v) is 3.73. The zero-order valence-corrected chi connectivity index (χ0v) is 13.2. The highest BCUT2D eigenvalue weighted by Gasteiger charge is 2.32. The van der Waals surface area contributed by atoms with Crippen LogP contribution in [0.25, 0.3) is 0 Å². The SMILES string of the molecule is CCNCC(C(C)C)N1CCC(N2CCCCC2)C1. The lowest BCUT2D eigenvalue weighted by atomic mass is 10.0. The Labute approximate surface area is 119 Å². The summed E-state index contributed by atoms with van der Waals surface area (Å²) in [6, 6.07) is 1.55. The Morgan fingerprint density at radius 3 is 2.47 bits per heavy atom. The predicted molar refractivity (Wildman–Crippen MR) is 82.6 cm³/mol. The van der Waals surface area contributed by atoms with Crippen molar-refractivity contribution in [3.05, 3.63) is 0 Å². The lowest BCUT2D eigenvalue weighted by Crippen LogP contribution is -2.47. The highest BCUT2D eigenvalue weighted by Crippen LogP contribution is 2.23. The third-order valence-electron chi connectivity index (χ3n) is 4.94. The van der Waals surface area contributed by atoms with Gasteiger partial charge < -0.3 is 5.32 Å². The van der Waals surface area contributed by atoms with Crippen LogP contribution in [0.1, 0.15) is 46.5 Å². The van der Waals surface area contributed by atoms with Crippen molar-refractivity contribution in [2.45, 2.75) is 58.5 Å². The Hall–Kier alpha value is -0.120. The van der Waals surface area contributed by atoms with Crippen LogP contribution in [0.3, 0.4) is 0 Å². The minimum absolute atomic E-state index is 0.717. The van der Waals surface area contributed by atoms with E-state index in [0.717, 1.165) is 31.1 Å². The lowest BCUT2D eigenvalue weighted by Gasteiger charge is -2.34. The average molecular weight is 267 g/mol. The molecule has 0 aliphatic carbocycles. The summed E-state index contributed by atoms with van der Waals surface area (Å²) in [5.74, 6) is 0.749. The van der Waals surface area contributed by atoms with Crippen molar-refractivity contribution in [3.63, 3.8) is 0 Å². The highest BCUT2D eigenvalue weighted by molar-refractivity contribution is 4.89. The van der Waals surface area contributed by atoms with E-state index in [1.54, 1.807) is 0 Å². The van der Waals surface area contributed by atoms with Crippen LogP contribution >= 0.6 is 0 Å². The Kier molecular flexibility index (Phi) is 6.11. The maximum absolute atomic E-state index is 3.55. The third kappa shape index (κ3) is 4.17. The van der Waals surface area contributed by atoms with Crippen molar-refractivity contribution in [1.29, 1.82) is 0 Å². The van der Waals surface area contributed by atoms with Gasteiger partial charge in [0.2, 0.25) is 0 Å². The van der Waals surface area contributed by atoms with E-state index in [0.29, 0.717) is 0 Å². The van der Waals surface area contributed by atoms with Crippen LogP contribution in [-0.2, 0) is 0 Å². The molecular formula is C16H33N3. The average Bonchev–Trinajstić information content (AvgIpc) is 2.89. The molecular weight excluding hydrogens is 234 g/mol. The summed E-state index contributed by atoms with van der Waals surface area (Å²) >= 11 is 0. The van der Waals surface area contributed by atoms with Gasteiger partial charge in [0.25, 0.3) is 0 Å². The van der Waals surface area contributed by atoms with Crippen molar-refractivity contribution in [2.75, 3.05) is 39.3 Å². The molecule has 2 aliphatic heterocycles. The molecule has 0 bridgehead atoms. The number of likely N-dealkylation sites (tertiary alicyclic amines) is 2. The molecule has 2 fully saturated rings. The Balaban J connectivity index is 1.84. The molecule has 0 aromatic rings. The summed E-state index contributed by atoms with van der Waals surface area (Å²) in [7, 11) is 0. The topological polar surface area (TPSA) is 18.5 Å². The first-order chi connectivity index (χ1) is 9.22. The van der Waals surface area contributed by atoms with Crippen LogP contribution in [0, 0.1) is 5.92 Å². The number of rotatable bonds is 6. The van der Waals surface area contributed by atoms with Gasteiger partial charge in [-0.3, -0.25) is 9.80 Å². The van der Waals surface area contributed by atoms with Crippen LogP contribution in [0.5, 0.6) is 0 Å². The Bertz CT molecular complexity index is 248. The van der Waals surface area contributed by atoms with Gasteiger partial charge in [-0.05, 0) is 44.8 Å². The van der Waals surface area contributed by atoms with Gasteiger partial charge >= 0.3 is 0 Å². The summed E-state index contributed by atoms with van der Waals surface area (Å²) in [6.45, 7) is 14.5. The first kappa shape index (κ1) is 15.3. The Morgan fingerprint density at radius 2 is 1.84 bits per heavy atom. The van der Waals surface area contributed by atoms with Crippen molar-refractivity contribution in [2.24, 2.45) is 5.92 Å². The molecule has 0 radical (unpaired) electrons. The number of piperidine rings is 1. The second kappa shape index (κ2) is 7.61. The van der Waals surface area contributed by atoms with Crippen molar-refractivity contribution in [3.8, 4) is 0 Å². The first-order valence-electron chi connectivity index (χ1n) is 8.41. The van der Waals surface area contributed by atoms with Gasteiger partial charge in [0.1, 0.15) is 0 Å². The summed E-state index contributed by atoms with van der Waals surface area (Å²) in [5, 5.41) is 3.55. The van der Waals surface area contributed by atoms with Crippen molar-refractivity contribution in [1.82, 2.24) is 15.1 Å². The fourth-order valence-electron chi connectivity index (χ4n) is 3.73. The molecule has 2 saturated heterocycles. The predicted octanol–water partition coefficient (Wildman–Crippen LogP) is 2.18. The summed E-state index contributed by atoms with van der Waals surface area (Å²) in [6.07, 6.45) is 5.67. The number of nitrogens with zero attached hydrogens (tertiary/aromatic N) is 2. The normalized spacial score (nSPS) is 28.1. The third-order valence-corrected chi connectivity index (χ3v) is 4.94. The molecule has 2 rings (SSSR count). The molecule has 0 aromatic heterocycles. The molecule has 0 saturated carbocycles. The summed E-state index contributed by atoms with van der Waals surface area (Å²) < 4.78 is 0. The van der Waals surface area contributed by atoms with E-state index >= 15 is 0 Å². The second-order valence-electron chi connectivity index (χ2n) is 6.65. The van der Waals surface area contributed by atoms with Crippen molar-refractivity contribution < 1.29 is 0 Å². The lowest BCUT2D eigenvalue weighted by molar-refractivity contribution is 0.138. The monoisotopic (exact) mass is 267 g/mol. The Morgan fingerprint density at radius 1 is 1.11 bits per heavy atom. The standard InChI is InChI=1S/C16H33N3/c1-4-17-12-16(14(2)3)19-11-8-15(13-19)18-9-6-5-7-10-18/h14-17H,4-13H2,1-3H3. The van der Waals surface area contributed by atoms with Gasteiger partial charge in [-0.15, -0.1) is 0 Å².